The molecule has 0 amide bonds. The number of nitrogens with zero attached hydrogens (tertiary/aromatic N) is 3. The standard InChI is InChI=1S/C13H21N5O/c1-7(2)12-11(14)13(18(5)17-12)15-6-10-16-8(3)9(4)19-10/h7,15H,6,14H2,1-5H3. The van der Waals surface area contributed by atoms with Crippen molar-refractivity contribution in [2.24, 2.45) is 7.05 Å². The van der Waals surface area contributed by atoms with Crippen molar-refractivity contribution in [3.05, 3.63) is 23.0 Å². The molecule has 0 aliphatic carbocycles. The second-order valence-electron chi connectivity index (χ2n) is 5.03. The van der Waals surface area contributed by atoms with Crippen molar-refractivity contribution in [1.82, 2.24) is 14.8 Å². The molecule has 104 valence electrons. The van der Waals surface area contributed by atoms with Crippen LogP contribution in [0.4, 0.5) is 11.5 Å². The van der Waals surface area contributed by atoms with Gasteiger partial charge in [0, 0.05) is 7.05 Å². The van der Waals surface area contributed by atoms with Gasteiger partial charge < -0.3 is 15.5 Å². The van der Waals surface area contributed by atoms with Gasteiger partial charge in [0.25, 0.3) is 0 Å². The van der Waals surface area contributed by atoms with E-state index in [1.54, 1.807) is 4.68 Å². The Hall–Kier alpha value is -1.98. The second-order valence-corrected chi connectivity index (χ2v) is 5.03. The van der Waals surface area contributed by atoms with Crippen molar-refractivity contribution in [2.45, 2.75) is 40.2 Å². The Morgan fingerprint density at radius 3 is 2.53 bits per heavy atom. The van der Waals surface area contributed by atoms with Gasteiger partial charge in [0.05, 0.1) is 23.6 Å². The number of aromatic nitrogens is 3. The number of nitrogens with one attached hydrogen (secondary N) is 1. The number of aryl methyl sites for hydroxylation is 3. The Bertz CT molecular complexity index is 563. The highest BCUT2D eigenvalue weighted by Gasteiger charge is 2.16. The SMILES string of the molecule is Cc1nc(CNc2c(N)c(C(C)C)nn2C)oc1C. The van der Waals surface area contributed by atoms with Crippen LogP contribution in [0.15, 0.2) is 4.42 Å². The number of hydrogen-bond acceptors (Lipinski definition) is 5. The van der Waals surface area contributed by atoms with Gasteiger partial charge in [0.15, 0.2) is 0 Å². The quantitative estimate of drug-likeness (QED) is 0.884. The minimum atomic E-state index is 0.299. The van der Waals surface area contributed by atoms with Crippen LogP contribution in [-0.2, 0) is 13.6 Å². The number of oxazole rings is 1. The van der Waals surface area contributed by atoms with Crippen LogP contribution in [0, 0.1) is 13.8 Å². The summed E-state index contributed by atoms with van der Waals surface area (Å²) in [5, 5.41) is 7.66. The number of nitrogens with two attached hydrogens (primary N) is 1. The first-order valence-electron chi connectivity index (χ1n) is 6.39. The molecule has 6 heteroatoms. The highest BCUT2D eigenvalue weighted by molar-refractivity contribution is 5.65. The van der Waals surface area contributed by atoms with E-state index in [4.69, 9.17) is 10.2 Å². The van der Waals surface area contributed by atoms with Crippen LogP contribution < -0.4 is 11.1 Å². The van der Waals surface area contributed by atoms with Gasteiger partial charge in [-0.2, -0.15) is 5.10 Å². The maximum absolute atomic E-state index is 6.11. The third kappa shape index (κ3) is 2.57. The van der Waals surface area contributed by atoms with Gasteiger partial charge in [-0.15, -0.1) is 0 Å². The van der Waals surface area contributed by atoms with E-state index in [1.165, 1.54) is 0 Å². The molecule has 0 aliphatic heterocycles. The fourth-order valence-electron chi connectivity index (χ4n) is 1.97. The van der Waals surface area contributed by atoms with Crippen molar-refractivity contribution >= 4 is 11.5 Å². The summed E-state index contributed by atoms with van der Waals surface area (Å²) >= 11 is 0. The number of hydrogen-bond donors (Lipinski definition) is 2. The van der Waals surface area contributed by atoms with Crippen molar-refractivity contribution in [3.8, 4) is 0 Å². The third-order valence-corrected chi connectivity index (χ3v) is 3.14. The molecule has 0 bridgehead atoms. The van der Waals surface area contributed by atoms with Crippen LogP contribution in [-0.4, -0.2) is 14.8 Å². The Labute approximate surface area is 113 Å². The van der Waals surface area contributed by atoms with E-state index >= 15 is 0 Å². The second kappa shape index (κ2) is 4.95. The van der Waals surface area contributed by atoms with Gasteiger partial charge in [-0.3, -0.25) is 4.68 Å². The smallest absolute Gasteiger partial charge is 0.213 e. The van der Waals surface area contributed by atoms with Crippen LogP contribution in [0.3, 0.4) is 0 Å². The molecule has 0 spiro atoms. The maximum Gasteiger partial charge on any atom is 0.213 e. The first-order chi connectivity index (χ1) is 8.90. The van der Waals surface area contributed by atoms with Crippen molar-refractivity contribution in [1.29, 1.82) is 0 Å². The summed E-state index contributed by atoms with van der Waals surface area (Å²) in [6.07, 6.45) is 0. The van der Waals surface area contributed by atoms with Crippen LogP contribution in [0.5, 0.6) is 0 Å². The lowest BCUT2D eigenvalue weighted by atomic mass is 10.1. The van der Waals surface area contributed by atoms with Gasteiger partial charge in [-0.05, 0) is 19.8 Å². The van der Waals surface area contributed by atoms with E-state index in [2.05, 4.69) is 29.2 Å². The zero-order valence-electron chi connectivity index (χ0n) is 12.1. The van der Waals surface area contributed by atoms with Gasteiger partial charge in [-0.1, -0.05) is 13.8 Å². The van der Waals surface area contributed by atoms with E-state index < -0.39 is 0 Å². The van der Waals surface area contributed by atoms with Gasteiger partial charge in [0.2, 0.25) is 5.89 Å². The summed E-state index contributed by atoms with van der Waals surface area (Å²) in [7, 11) is 1.87. The molecule has 2 rings (SSSR count). The maximum atomic E-state index is 6.11. The molecule has 6 nitrogen and oxygen atoms in total. The van der Waals surface area contributed by atoms with E-state index in [-0.39, 0.29) is 0 Å². The fourth-order valence-corrected chi connectivity index (χ4v) is 1.97. The normalized spacial score (nSPS) is 11.3. The predicted molar refractivity (Wildman–Crippen MR) is 75.0 cm³/mol. The van der Waals surface area contributed by atoms with Crippen molar-refractivity contribution < 1.29 is 4.42 Å². The first kappa shape index (κ1) is 13.5. The average Bonchev–Trinajstić information content (AvgIpc) is 2.79. The largest absolute Gasteiger partial charge is 0.444 e. The van der Waals surface area contributed by atoms with Crippen molar-refractivity contribution in [3.63, 3.8) is 0 Å². The monoisotopic (exact) mass is 263 g/mol. The van der Waals surface area contributed by atoms with Crippen LogP contribution in [0.25, 0.3) is 0 Å². The zero-order valence-corrected chi connectivity index (χ0v) is 12.1. The number of rotatable bonds is 4. The molecule has 19 heavy (non-hydrogen) atoms. The highest BCUT2D eigenvalue weighted by Crippen LogP contribution is 2.28. The predicted octanol–water partition coefficient (Wildman–Crippen LogP) is 2.34. The lowest BCUT2D eigenvalue weighted by Crippen LogP contribution is -2.06. The molecule has 0 aliphatic rings. The molecular weight excluding hydrogens is 242 g/mol. The Kier molecular flexibility index (Phi) is 3.50. The number of anilines is 2. The van der Waals surface area contributed by atoms with Crippen LogP contribution >= 0.6 is 0 Å². The topological polar surface area (TPSA) is 81.9 Å². The van der Waals surface area contributed by atoms with E-state index in [1.807, 2.05) is 20.9 Å². The average molecular weight is 263 g/mol. The molecule has 0 unspecified atom stereocenters. The molecule has 2 heterocycles. The molecule has 0 radical (unpaired) electrons. The van der Waals surface area contributed by atoms with Gasteiger partial charge >= 0.3 is 0 Å². The van der Waals surface area contributed by atoms with Gasteiger partial charge in [-0.25, -0.2) is 4.98 Å². The molecule has 0 aromatic carbocycles. The Balaban J connectivity index is 2.15. The summed E-state index contributed by atoms with van der Waals surface area (Å²) in [6, 6.07) is 0. The highest BCUT2D eigenvalue weighted by atomic mass is 16.4. The first-order valence-corrected chi connectivity index (χ1v) is 6.39. The number of nitrogen functional groups attached to an aromatic ring is 1. The Morgan fingerprint density at radius 2 is 2.05 bits per heavy atom. The lowest BCUT2D eigenvalue weighted by Gasteiger charge is -2.05. The molecule has 0 atom stereocenters. The molecule has 0 saturated carbocycles. The summed E-state index contributed by atoms with van der Waals surface area (Å²) in [4.78, 5) is 4.33. The molecule has 0 saturated heterocycles. The molecule has 2 aromatic heterocycles. The fraction of sp³-hybridized carbons (Fsp3) is 0.538. The van der Waals surface area contributed by atoms with Crippen LogP contribution in [0.1, 0.15) is 42.8 Å². The Morgan fingerprint density at radius 1 is 1.37 bits per heavy atom. The van der Waals surface area contributed by atoms with E-state index in [0.29, 0.717) is 24.0 Å². The van der Waals surface area contributed by atoms with E-state index in [0.717, 1.165) is 23.0 Å². The molecule has 3 N–H and O–H groups in total. The lowest BCUT2D eigenvalue weighted by molar-refractivity contribution is 0.477. The summed E-state index contributed by atoms with van der Waals surface area (Å²) < 4.78 is 7.28. The molecule has 2 aromatic rings. The van der Waals surface area contributed by atoms with Crippen LogP contribution in [0.2, 0.25) is 0 Å². The summed E-state index contributed by atoms with van der Waals surface area (Å²) in [6.45, 7) is 8.47. The summed E-state index contributed by atoms with van der Waals surface area (Å²) in [5.74, 6) is 2.60. The van der Waals surface area contributed by atoms with E-state index in [9.17, 15) is 0 Å². The molecular formula is C13H21N5O. The minimum Gasteiger partial charge on any atom is -0.444 e. The third-order valence-electron chi connectivity index (χ3n) is 3.14. The van der Waals surface area contributed by atoms with Gasteiger partial charge in [0.1, 0.15) is 11.6 Å². The van der Waals surface area contributed by atoms with Crippen molar-refractivity contribution in [2.75, 3.05) is 11.1 Å². The minimum absolute atomic E-state index is 0.299. The zero-order chi connectivity index (χ0) is 14.2. The summed E-state index contributed by atoms with van der Waals surface area (Å²) in [5.41, 5.74) is 8.62. The molecule has 0 fully saturated rings.